The molecular formula is C26H35N3O2. The van der Waals surface area contributed by atoms with Gasteiger partial charge in [-0.05, 0) is 69.6 Å². The highest BCUT2D eigenvalue weighted by molar-refractivity contribution is 5.75. The molecule has 0 N–H and O–H groups in total. The van der Waals surface area contributed by atoms with Gasteiger partial charge in [0.25, 0.3) is 0 Å². The molecule has 166 valence electrons. The summed E-state index contributed by atoms with van der Waals surface area (Å²) in [6.07, 6.45) is 8.63. The van der Waals surface area contributed by atoms with Crippen LogP contribution in [0.1, 0.15) is 44.3 Å². The van der Waals surface area contributed by atoms with Gasteiger partial charge in [0.2, 0.25) is 0 Å². The number of hydrogen-bond donors (Lipinski definition) is 0. The number of imidazole rings is 1. The van der Waals surface area contributed by atoms with Gasteiger partial charge in [0.1, 0.15) is 17.3 Å². The van der Waals surface area contributed by atoms with E-state index in [1.165, 1.54) is 63.1 Å². The van der Waals surface area contributed by atoms with Crippen LogP contribution in [0, 0.1) is 0 Å². The largest absolute Gasteiger partial charge is 0.497 e. The summed E-state index contributed by atoms with van der Waals surface area (Å²) < 4.78 is 13.6. The minimum atomic E-state index is 0.674. The van der Waals surface area contributed by atoms with Crippen LogP contribution in [0.3, 0.4) is 0 Å². The van der Waals surface area contributed by atoms with E-state index >= 15 is 0 Å². The summed E-state index contributed by atoms with van der Waals surface area (Å²) in [6, 6.07) is 16.3. The molecule has 0 amide bonds. The van der Waals surface area contributed by atoms with Crippen LogP contribution in [-0.4, -0.2) is 47.8 Å². The second-order valence-corrected chi connectivity index (χ2v) is 8.41. The lowest BCUT2D eigenvalue weighted by Crippen LogP contribution is -2.26. The molecule has 0 atom stereocenters. The van der Waals surface area contributed by atoms with Crippen LogP contribution >= 0.6 is 0 Å². The molecule has 2 aromatic carbocycles. The van der Waals surface area contributed by atoms with Crippen LogP contribution in [0.2, 0.25) is 0 Å². The van der Waals surface area contributed by atoms with E-state index in [9.17, 15) is 0 Å². The maximum atomic E-state index is 5.95. The molecule has 1 aliphatic rings. The average molecular weight is 422 g/mol. The molecule has 5 nitrogen and oxygen atoms in total. The number of aryl methyl sites for hydroxylation is 2. The molecule has 0 aliphatic carbocycles. The van der Waals surface area contributed by atoms with Crippen molar-refractivity contribution in [1.29, 1.82) is 0 Å². The maximum absolute atomic E-state index is 5.95. The van der Waals surface area contributed by atoms with Crippen molar-refractivity contribution in [2.45, 2.75) is 51.5 Å². The zero-order valence-electron chi connectivity index (χ0n) is 18.8. The maximum Gasteiger partial charge on any atom is 0.122 e. The molecule has 4 rings (SSSR count). The lowest BCUT2D eigenvalue weighted by Gasteiger charge is -2.19. The van der Waals surface area contributed by atoms with Crippen LogP contribution in [-0.2, 0) is 13.0 Å². The number of aromatic nitrogens is 2. The van der Waals surface area contributed by atoms with E-state index in [0.29, 0.717) is 6.61 Å². The van der Waals surface area contributed by atoms with Gasteiger partial charge in [-0.1, -0.05) is 31.0 Å². The second kappa shape index (κ2) is 11.2. The van der Waals surface area contributed by atoms with Gasteiger partial charge in [-0.15, -0.1) is 0 Å². The molecule has 0 saturated carbocycles. The fraction of sp³-hybridized carbons (Fsp3) is 0.500. The number of benzene rings is 2. The molecule has 1 saturated heterocycles. The smallest absolute Gasteiger partial charge is 0.122 e. The van der Waals surface area contributed by atoms with Crippen LogP contribution in [0.4, 0.5) is 0 Å². The molecule has 1 aliphatic heterocycles. The Labute approximate surface area is 186 Å². The van der Waals surface area contributed by atoms with Gasteiger partial charge in [-0.3, -0.25) is 0 Å². The Hall–Kier alpha value is -2.53. The van der Waals surface area contributed by atoms with E-state index in [2.05, 4.69) is 33.7 Å². The standard InChI is InChI=1S/C26H35N3O2/c1-30-22-11-8-12-23(21-22)31-20-10-19-29-25-14-5-4-13-24(25)27-26(29)15-9-18-28-16-6-2-3-7-17-28/h4-5,8,11-14,21H,2-3,6-7,9-10,15-20H2,1H3. The first kappa shape index (κ1) is 21.7. The number of fused-ring (bicyclic) bond motifs is 1. The van der Waals surface area contributed by atoms with Crippen molar-refractivity contribution in [2.75, 3.05) is 33.4 Å². The van der Waals surface area contributed by atoms with Crippen LogP contribution < -0.4 is 9.47 Å². The van der Waals surface area contributed by atoms with Gasteiger partial charge in [0.15, 0.2) is 0 Å². The van der Waals surface area contributed by atoms with Crippen LogP contribution in [0.15, 0.2) is 48.5 Å². The third-order valence-electron chi connectivity index (χ3n) is 6.14. The van der Waals surface area contributed by atoms with Crippen LogP contribution in [0.25, 0.3) is 11.0 Å². The first-order valence-electron chi connectivity index (χ1n) is 11.8. The van der Waals surface area contributed by atoms with Gasteiger partial charge in [-0.2, -0.15) is 0 Å². The SMILES string of the molecule is COc1cccc(OCCCn2c(CCCN3CCCCCC3)nc3ccccc32)c1. The Bertz CT molecular complexity index is 945. The van der Waals surface area contributed by atoms with Gasteiger partial charge in [0, 0.05) is 19.0 Å². The van der Waals surface area contributed by atoms with E-state index in [1.807, 2.05) is 24.3 Å². The highest BCUT2D eigenvalue weighted by Gasteiger charge is 2.12. The zero-order valence-corrected chi connectivity index (χ0v) is 18.8. The summed E-state index contributed by atoms with van der Waals surface area (Å²) in [5.41, 5.74) is 2.33. The van der Waals surface area contributed by atoms with Crippen molar-refractivity contribution in [2.24, 2.45) is 0 Å². The summed E-state index contributed by atoms with van der Waals surface area (Å²) >= 11 is 0. The van der Waals surface area contributed by atoms with Gasteiger partial charge in [-0.25, -0.2) is 4.98 Å². The van der Waals surface area contributed by atoms with Gasteiger partial charge >= 0.3 is 0 Å². The average Bonchev–Trinajstić information content (AvgIpc) is 2.96. The van der Waals surface area contributed by atoms with E-state index in [0.717, 1.165) is 36.4 Å². The van der Waals surface area contributed by atoms with Crippen molar-refractivity contribution in [1.82, 2.24) is 14.5 Å². The number of rotatable bonds is 10. The van der Waals surface area contributed by atoms with Crippen molar-refractivity contribution >= 4 is 11.0 Å². The predicted molar refractivity (Wildman–Crippen MR) is 126 cm³/mol. The quantitative estimate of drug-likeness (QED) is 0.415. The topological polar surface area (TPSA) is 39.5 Å². The molecule has 0 radical (unpaired) electrons. The van der Waals surface area contributed by atoms with E-state index < -0.39 is 0 Å². The van der Waals surface area contributed by atoms with E-state index in [-0.39, 0.29) is 0 Å². The fourth-order valence-electron chi connectivity index (χ4n) is 4.49. The Morgan fingerprint density at radius 2 is 1.68 bits per heavy atom. The normalized spacial score (nSPS) is 15.1. The molecule has 5 heteroatoms. The highest BCUT2D eigenvalue weighted by Crippen LogP contribution is 2.21. The fourth-order valence-corrected chi connectivity index (χ4v) is 4.49. The lowest BCUT2D eigenvalue weighted by molar-refractivity contribution is 0.280. The second-order valence-electron chi connectivity index (χ2n) is 8.41. The Morgan fingerprint density at radius 1 is 0.871 bits per heavy atom. The Morgan fingerprint density at radius 3 is 2.52 bits per heavy atom. The molecule has 3 aromatic rings. The summed E-state index contributed by atoms with van der Waals surface area (Å²) in [6.45, 7) is 5.30. The monoisotopic (exact) mass is 421 g/mol. The number of likely N-dealkylation sites (tertiary alicyclic amines) is 1. The number of ether oxygens (including phenoxy) is 2. The van der Waals surface area contributed by atoms with Crippen LogP contribution in [0.5, 0.6) is 11.5 Å². The first-order chi connectivity index (χ1) is 15.3. The summed E-state index contributed by atoms with van der Waals surface area (Å²) in [5.74, 6) is 2.88. The van der Waals surface area contributed by atoms with Gasteiger partial charge in [0.05, 0.1) is 24.8 Å². The summed E-state index contributed by atoms with van der Waals surface area (Å²) in [5, 5.41) is 0. The van der Waals surface area contributed by atoms with Crippen molar-refractivity contribution in [3.8, 4) is 11.5 Å². The van der Waals surface area contributed by atoms with E-state index in [1.54, 1.807) is 7.11 Å². The van der Waals surface area contributed by atoms with E-state index in [4.69, 9.17) is 14.5 Å². The minimum Gasteiger partial charge on any atom is -0.497 e. The molecule has 1 fully saturated rings. The minimum absolute atomic E-state index is 0.674. The summed E-state index contributed by atoms with van der Waals surface area (Å²) in [7, 11) is 1.68. The molecule has 0 unspecified atom stereocenters. The van der Waals surface area contributed by atoms with Crippen molar-refractivity contribution in [3.63, 3.8) is 0 Å². The van der Waals surface area contributed by atoms with Crippen molar-refractivity contribution < 1.29 is 9.47 Å². The molecule has 31 heavy (non-hydrogen) atoms. The Kier molecular flexibility index (Phi) is 7.83. The number of para-hydroxylation sites is 2. The number of methoxy groups -OCH3 is 1. The molecule has 1 aromatic heterocycles. The Balaban J connectivity index is 1.34. The predicted octanol–water partition coefficient (Wildman–Crippen LogP) is 5.32. The third-order valence-corrected chi connectivity index (χ3v) is 6.14. The third kappa shape index (κ3) is 6.01. The molecule has 0 spiro atoms. The molecular weight excluding hydrogens is 386 g/mol. The number of hydrogen-bond acceptors (Lipinski definition) is 4. The van der Waals surface area contributed by atoms with Gasteiger partial charge < -0.3 is 18.9 Å². The molecule has 2 heterocycles. The molecule has 0 bridgehead atoms. The van der Waals surface area contributed by atoms with Crippen molar-refractivity contribution in [3.05, 3.63) is 54.4 Å². The zero-order chi connectivity index (χ0) is 21.3. The summed E-state index contributed by atoms with van der Waals surface area (Å²) in [4.78, 5) is 7.60. The number of nitrogens with zero attached hydrogens (tertiary/aromatic N) is 3. The highest BCUT2D eigenvalue weighted by atomic mass is 16.5. The lowest BCUT2D eigenvalue weighted by atomic mass is 10.2. The first-order valence-corrected chi connectivity index (χ1v) is 11.8.